The Morgan fingerprint density at radius 3 is 2.50 bits per heavy atom. The lowest BCUT2D eigenvalue weighted by Crippen LogP contribution is -2.27. The van der Waals surface area contributed by atoms with E-state index in [2.05, 4.69) is 9.97 Å². The quantitative estimate of drug-likeness (QED) is 0.851. The minimum Gasteiger partial charge on any atom is -0.379 e. The van der Waals surface area contributed by atoms with Crippen molar-refractivity contribution in [2.24, 2.45) is 0 Å². The number of aromatic nitrogens is 2. The molecule has 3 nitrogen and oxygen atoms in total. The zero-order chi connectivity index (χ0) is 11.4. The van der Waals surface area contributed by atoms with E-state index in [1.165, 1.54) is 0 Å². The lowest BCUT2D eigenvalue weighted by Gasteiger charge is -2.26. The molecule has 0 radical (unpaired) electrons. The first-order valence-corrected chi connectivity index (χ1v) is 5.32. The van der Waals surface area contributed by atoms with E-state index in [-0.39, 0.29) is 0 Å². The third kappa shape index (κ3) is 1.82. The molecule has 2 aromatic rings. The summed E-state index contributed by atoms with van der Waals surface area (Å²) >= 11 is 0. The first kappa shape index (κ1) is 10.8. The molecule has 16 heavy (non-hydrogen) atoms. The molecule has 82 valence electrons. The van der Waals surface area contributed by atoms with Crippen LogP contribution in [0.15, 0.2) is 48.9 Å². The molecule has 0 saturated carbocycles. The Labute approximate surface area is 94.8 Å². The van der Waals surface area contributed by atoms with Crippen LogP contribution in [0.4, 0.5) is 0 Å². The number of hydrogen-bond acceptors (Lipinski definition) is 3. The Bertz CT molecular complexity index is 403. The molecule has 1 aromatic carbocycles. The predicted octanol–water partition coefficient (Wildman–Crippen LogP) is 2.12. The first-order valence-electron chi connectivity index (χ1n) is 5.32. The molecule has 0 aliphatic carbocycles. The number of hydrogen-bond donors (Lipinski definition) is 1. The van der Waals surface area contributed by atoms with E-state index >= 15 is 0 Å². The van der Waals surface area contributed by atoms with Gasteiger partial charge in [-0.05, 0) is 12.0 Å². The highest BCUT2D eigenvalue weighted by Gasteiger charge is 2.30. The van der Waals surface area contributed by atoms with Gasteiger partial charge in [0.2, 0.25) is 0 Å². The molecule has 1 atom stereocenters. The summed E-state index contributed by atoms with van der Waals surface area (Å²) in [5.41, 5.74) is 0.386. The van der Waals surface area contributed by atoms with Crippen LogP contribution in [0.1, 0.15) is 24.6 Å². The summed E-state index contributed by atoms with van der Waals surface area (Å²) in [5, 5.41) is 10.7. The molecule has 1 unspecified atom stereocenters. The number of benzene rings is 1. The summed E-state index contributed by atoms with van der Waals surface area (Å²) in [6, 6.07) is 9.55. The molecule has 3 heteroatoms. The smallest absolute Gasteiger partial charge is 0.133 e. The van der Waals surface area contributed by atoms with Gasteiger partial charge < -0.3 is 5.11 Å². The third-order valence-corrected chi connectivity index (χ3v) is 2.75. The Balaban J connectivity index is 2.49. The van der Waals surface area contributed by atoms with Crippen molar-refractivity contribution in [1.29, 1.82) is 0 Å². The fourth-order valence-corrected chi connectivity index (χ4v) is 1.76. The van der Waals surface area contributed by atoms with Crippen molar-refractivity contribution < 1.29 is 5.11 Å². The van der Waals surface area contributed by atoms with Gasteiger partial charge in [0.25, 0.3) is 0 Å². The van der Waals surface area contributed by atoms with E-state index in [0.29, 0.717) is 12.1 Å². The fraction of sp³-hybridized carbons (Fsp3) is 0.231. The molecule has 2 rings (SSSR count). The van der Waals surface area contributed by atoms with Crippen molar-refractivity contribution in [3.63, 3.8) is 0 Å². The lowest BCUT2D eigenvalue weighted by molar-refractivity contribution is 0.0715. The van der Waals surface area contributed by atoms with Crippen LogP contribution >= 0.6 is 0 Å². The van der Waals surface area contributed by atoms with Crippen LogP contribution < -0.4 is 0 Å². The average Bonchev–Trinajstić information content (AvgIpc) is 2.40. The van der Waals surface area contributed by atoms with Crippen molar-refractivity contribution in [1.82, 2.24) is 9.97 Å². The Morgan fingerprint density at radius 2 is 1.94 bits per heavy atom. The van der Waals surface area contributed by atoms with Crippen LogP contribution in [-0.2, 0) is 5.60 Å². The van der Waals surface area contributed by atoms with Gasteiger partial charge in [-0.2, -0.15) is 0 Å². The zero-order valence-corrected chi connectivity index (χ0v) is 9.17. The molecule has 0 aliphatic rings. The molecule has 0 spiro atoms. The van der Waals surface area contributed by atoms with E-state index in [1.807, 2.05) is 37.3 Å². The standard InChI is InChI=1S/C13H14N2O/c1-2-13(16,11-6-4-3-5-7-11)12-10-14-8-9-15-12/h3-10,16H,2H2,1H3. The summed E-state index contributed by atoms with van der Waals surface area (Å²) < 4.78 is 0. The van der Waals surface area contributed by atoms with Crippen LogP contribution in [0.25, 0.3) is 0 Å². The summed E-state index contributed by atoms with van der Waals surface area (Å²) in [7, 11) is 0. The maximum absolute atomic E-state index is 10.7. The van der Waals surface area contributed by atoms with Gasteiger partial charge in [0, 0.05) is 12.4 Å². The number of aliphatic hydroxyl groups is 1. The number of nitrogens with zero attached hydrogens (tertiary/aromatic N) is 2. The number of rotatable bonds is 3. The molecule has 0 bridgehead atoms. The Hall–Kier alpha value is -1.74. The van der Waals surface area contributed by atoms with Gasteiger partial charge in [0.05, 0.1) is 11.9 Å². The summed E-state index contributed by atoms with van der Waals surface area (Å²) in [4.78, 5) is 8.19. The van der Waals surface area contributed by atoms with Gasteiger partial charge in [-0.1, -0.05) is 37.3 Å². The highest BCUT2D eigenvalue weighted by atomic mass is 16.3. The van der Waals surface area contributed by atoms with Gasteiger partial charge in [0.15, 0.2) is 0 Å². The highest BCUT2D eigenvalue weighted by Crippen LogP contribution is 2.30. The van der Waals surface area contributed by atoms with Crippen molar-refractivity contribution >= 4 is 0 Å². The van der Waals surface area contributed by atoms with Gasteiger partial charge in [-0.15, -0.1) is 0 Å². The molecular formula is C13H14N2O. The van der Waals surface area contributed by atoms with Crippen molar-refractivity contribution in [2.45, 2.75) is 18.9 Å². The SMILES string of the molecule is CCC(O)(c1ccccc1)c1cnccn1. The maximum atomic E-state index is 10.7. The second kappa shape index (κ2) is 4.41. The lowest BCUT2D eigenvalue weighted by atomic mass is 9.88. The maximum Gasteiger partial charge on any atom is 0.133 e. The Morgan fingerprint density at radius 1 is 1.19 bits per heavy atom. The molecule has 0 aliphatic heterocycles. The molecule has 0 fully saturated rings. The zero-order valence-electron chi connectivity index (χ0n) is 9.17. The van der Waals surface area contributed by atoms with E-state index in [1.54, 1.807) is 18.6 Å². The largest absolute Gasteiger partial charge is 0.379 e. The molecule has 0 saturated heterocycles. The Kier molecular flexibility index (Phi) is 2.97. The molecule has 0 amide bonds. The fourth-order valence-electron chi connectivity index (χ4n) is 1.76. The summed E-state index contributed by atoms with van der Waals surface area (Å²) in [5.74, 6) is 0. The van der Waals surface area contributed by atoms with Gasteiger partial charge >= 0.3 is 0 Å². The van der Waals surface area contributed by atoms with Crippen LogP contribution in [0.5, 0.6) is 0 Å². The normalized spacial score (nSPS) is 14.4. The van der Waals surface area contributed by atoms with E-state index in [4.69, 9.17) is 0 Å². The summed E-state index contributed by atoms with van der Waals surface area (Å²) in [6.07, 6.45) is 5.37. The highest BCUT2D eigenvalue weighted by molar-refractivity contribution is 5.30. The van der Waals surface area contributed by atoms with Gasteiger partial charge in [0.1, 0.15) is 5.60 Å². The van der Waals surface area contributed by atoms with E-state index in [9.17, 15) is 5.11 Å². The minimum absolute atomic E-state index is 0.565. The second-order valence-electron chi connectivity index (χ2n) is 3.67. The molecule has 1 aromatic heterocycles. The van der Waals surface area contributed by atoms with Gasteiger partial charge in [-0.25, -0.2) is 0 Å². The van der Waals surface area contributed by atoms with Crippen LogP contribution in [0, 0.1) is 0 Å². The molecular weight excluding hydrogens is 200 g/mol. The average molecular weight is 214 g/mol. The second-order valence-corrected chi connectivity index (χ2v) is 3.67. The van der Waals surface area contributed by atoms with Crippen LogP contribution in [-0.4, -0.2) is 15.1 Å². The monoisotopic (exact) mass is 214 g/mol. The minimum atomic E-state index is -1.05. The topological polar surface area (TPSA) is 46.0 Å². The van der Waals surface area contributed by atoms with Crippen LogP contribution in [0.3, 0.4) is 0 Å². The van der Waals surface area contributed by atoms with Crippen molar-refractivity contribution in [3.05, 3.63) is 60.2 Å². The van der Waals surface area contributed by atoms with Gasteiger partial charge in [-0.3, -0.25) is 9.97 Å². The van der Waals surface area contributed by atoms with E-state index < -0.39 is 5.60 Å². The van der Waals surface area contributed by atoms with Crippen LogP contribution in [0.2, 0.25) is 0 Å². The predicted molar refractivity (Wildman–Crippen MR) is 61.8 cm³/mol. The van der Waals surface area contributed by atoms with Crippen molar-refractivity contribution in [2.75, 3.05) is 0 Å². The third-order valence-electron chi connectivity index (χ3n) is 2.75. The van der Waals surface area contributed by atoms with E-state index in [0.717, 1.165) is 5.56 Å². The summed E-state index contributed by atoms with van der Waals surface area (Å²) in [6.45, 7) is 1.93. The molecule has 1 N–H and O–H groups in total. The molecule has 1 heterocycles. The van der Waals surface area contributed by atoms with Crippen molar-refractivity contribution in [3.8, 4) is 0 Å². The first-order chi connectivity index (χ1) is 7.77.